The van der Waals surface area contributed by atoms with Gasteiger partial charge in [0.2, 0.25) is 0 Å². The summed E-state index contributed by atoms with van der Waals surface area (Å²) >= 11 is 5.99. The summed E-state index contributed by atoms with van der Waals surface area (Å²) in [6, 6.07) is 14.1. The summed E-state index contributed by atoms with van der Waals surface area (Å²) in [5.74, 6) is -1.61. The summed E-state index contributed by atoms with van der Waals surface area (Å²) in [5.41, 5.74) is 1.14. The maximum absolute atomic E-state index is 12.8. The molecule has 3 rings (SSSR count). The van der Waals surface area contributed by atoms with Gasteiger partial charge in [0.15, 0.2) is 12.4 Å². The highest BCUT2D eigenvalue weighted by atomic mass is 35.5. The number of carboxylic acids is 1. The summed E-state index contributed by atoms with van der Waals surface area (Å²) in [6.07, 6.45) is 1.58. The maximum atomic E-state index is 12.8. The monoisotopic (exact) mass is 358 g/mol. The first-order chi connectivity index (χ1) is 12.0. The number of carbonyl (C=O) groups is 2. The van der Waals surface area contributed by atoms with Gasteiger partial charge < -0.3 is 9.84 Å². The number of Topliss-reactive ketones (excluding diaryl/α,β-unsaturated/α-hetero) is 1. The molecule has 1 N–H and O–H groups in total. The van der Waals surface area contributed by atoms with E-state index in [4.69, 9.17) is 21.4 Å². The molecule has 0 saturated carbocycles. The number of hydrazone groups is 1. The van der Waals surface area contributed by atoms with E-state index in [9.17, 15) is 9.59 Å². The lowest BCUT2D eigenvalue weighted by Crippen LogP contribution is -2.24. The number of ether oxygens (including phenoxy) is 1. The van der Waals surface area contributed by atoms with E-state index in [-0.39, 0.29) is 17.1 Å². The molecule has 7 heteroatoms. The van der Waals surface area contributed by atoms with Gasteiger partial charge in [-0.2, -0.15) is 5.10 Å². The Morgan fingerprint density at radius 1 is 1.24 bits per heavy atom. The lowest BCUT2D eigenvalue weighted by Gasteiger charge is -2.16. The molecule has 0 amide bonds. The third-order valence-corrected chi connectivity index (χ3v) is 3.94. The van der Waals surface area contributed by atoms with Crippen LogP contribution in [0.4, 0.5) is 5.69 Å². The van der Waals surface area contributed by atoms with Crippen LogP contribution in [-0.2, 0) is 4.79 Å². The van der Waals surface area contributed by atoms with Crippen molar-refractivity contribution >= 4 is 35.3 Å². The first-order valence-corrected chi connectivity index (χ1v) is 7.97. The molecule has 0 bridgehead atoms. The van der Waals surface area contributed by atoms with Gasteiger partial charge in [-0.05, 0) is 30.3 Å². The molecule has 0 fully saturated rings. The number of halogens is 1. The molecule has 1 aliphatic rings. The van der Waals surface area contributed by atoms with Crippen LogP contribution in [0.15, 0.2) is 53.6 Å². The van der Waals surface area contributed by atoms with E-state index < -0.39 is 18.5 Å². The van der Waals surface area contributed by atoms with Gasteiger partial charge >= 0.3 is 5.97 Å². The smallest absolute Gasteiger partial charge is 0.341 e. The Hall–Kier alpha value is -2.86. The Morgan fingerprint density at radius 3 is 2.72 bits per heavy atom. The third kappa shape index (κ3) is 3.97. The fourth-order valence-electron chi connectivity index (χ4n) is 2.52. The van der Waals surface area contributed by atoms with E-state index in [1.807, 2.05) is 30.3 Å². The van der Waals surface area contributed by atoms with Crippen molar-refractivity contribution in [1.29, 1.82) is 0 Å². The number of nitrogens with zero attached hydrogens (tertiary/aromatic N) is 2. The van der Waals surface area contributed by atoms with Crippen molar-refractivity contribution in [2.45, 2.75) is 0 Å². The van der Waals surface area contributed by atoms with Gasteiger partial charge in [0, 0.05) is 11.2 Å². The number of aliphatic carboxylic acids is 1. The summed E-state index contributed by atoms with van der Waals surface area (Å²) in [7, 11) is 0. The summed E-state index contributed by atoms with van der Waals surface area (Å²) in [4.78, 5) is 23.6. The van der Waals surface area contributed by atoms with Crippen LogP contribution < -0.4 is 9.75 Å². The quantitative estimate of drug-likeness (QED) is 0.803. The molecule has 0 spiro atoms. The number of para-hydroxylation sites is 1. The fraction of sp³-hybridized carbons (Fsp3) is 0.167. The number of carbonyl (C=O) groups excluding carboxylic acids is 1. The van der Waals surface area contributed by atoms with Crippen LogP contribution in [0.5, 0.6) is 5.75 Å². The first kappa shape index (κ1) is 17.0. The molecule has 1 atom stereocenters. The van der Waals surface area contributed by atoms with E-state index in [0.717, 1.165) is 5.69 Å². The number of hydrogen-bond acceptors (Lipinski definition) is 5. The maximum Gasteiger partial charge on any atom is 0.341 e. The lowest BCUT2D eigenvalue weighted by atomic mass is 9.98. The number of hydrogen-bond donors (Lipinski definition) is 1. The van der Waals surface area contributed by atoms with Crippen molar-refractivity contribution in [3.8, 4) is 5.75 Å². The normalized spacial score (nSPS) is 16.0. The van der Waals surface area contributed by atoms with Crippen LogP contribution in [0.1, 0.15) is 10.4 Å². The Morgan fingerprint density at radius 2 is 2.00 bits per heavy atom. The van der Waals surface area contributed by atoms with Crippen molar-refractivity contribution in [3.63, 3.8) is 0 Å². The van der Waals surface area contributed by atoms with Crippen LogP contribution >= 0.6 is 11.6 Å². The summed E-state index contributed by atoms with van der Waals surface area (Å²) < 4.78 is 5.21. The Labute approximate surface area is 149 Å². The Kier molecular flexibility index (Phi) is 5.00. The molecule has 6 nitrogen and oxygen atoms in total. The zero-order valence-corrected chi connectivity index (χ0v) is 13.9. The van der Waals surface area contributed by atoms with Crippen LogP contribution in [0, 0.1) is 5.92 Å². The van der Waals surface area contributed by atoms with Crippen molar-refractivity contribution < 1.29 is 19.4 Å². The van der Waals surface area contributed by atoms with E-state index in [2.05, 4.69) is 5.10 Å². The molecule has 1 aliphatic heterocycles. The van der Waals surface area contributed by atoms with Gasteiger partial charge in [0.25, 0.3) is 0 Å². The molecule has 0 aliphatic carbocycles. The standard InChI is InChI=1S/C18H15ClN2O4/c19-13-6-7-16(25-11-17(22)23)15(8-13)18(24)12-9-20-21(10-12)14-4-2-1-3-5-14/h1-9,12H,10-11H2,(H,22,23). The number of ketones is 1. The van der Waals surface area contributed by atoms with Gasteiger partial charge in [-0.15, -0.1) is 0 Å². The number of anilines is 1. The van der Waals surface area contributed by atoms with Crippen LogP contribution in [-0.4, -0.2) is 36.2 Å². The topological polar surface area (TPSA) is 79.2 Å². The average Bonchev–Trinajstić information content (AvgIpc) is 3.11. The van der Waals surface area contributed by atoms with Crippen LogP contribution in [0.3, 0.4) is 0 Å². The van der Waals surface area contributed by atoms with E-state index in [0.29, 0.717) is 11.6 Å². The molecule has 1 heterocycles. The molecule has 0 saturated heterocycles. The van der Waals surface area contributed by atoms with Crippen molar-refractivity contribution in [1.82, 2.24) is 0 Å². The minimum Gasteiger partial charge on any atom is -0.481 e. The second-order valence-corrected chi connectivity index (χ2v) is 5.91. The number of rotatable bonds is 6. The average molecular weight is 359 g/mol. The second kappa shape index (κ2) is 7.36. The predicted octanol–water partition coefficient (Wildman–Crippen LogP) is 3.11. The van der Waals surface area contributed by atoms with Crippen LogP contribution in [0.2, 0.25) is 5.02 Å². The second-order valence-electron chi connectivity index (χ2n) is 5.48. The van der Waals surface area contributed by atoms with E-state index in [1.165, 1.54) is 12.1 Å². The lowest BCUT2D eigenvalue weighted by molar-refractivity contribution is -0.139. The van der Waals surface area contributed by atoms with E-state index in [1.54, 1.807) is 17.3 Å². The highest BCUT2D eigenvalue weighted by Gasteiger charge is 2.28. The van der Waals surface area contributed by atoms with Gasteiger partial charge in [-0.1, -0.05) is 29.8 Å². The van der Waals surface area contributed by atoms with Crippen molar-refractivity contribution in [3.05, 3.63) is 59.1 Å². The third-order valence-electron chi connectivity index (χ3n) is 3.70. The molecule has 2 aromatic rings. The molecule has 25 heavy (non-hydrogen) atoms. The number of carboxylic acid groups (broad SMARTS) is 1. The first-order valence-electron chi connectivity index (χ1n) is 7.59. The van der Waals surface area contributed by atoms with Gasteiger partial charge in [0.05, 0.1) is 23.7 Å². The minimum absolute atomic E-state index is 0.198. The van der Waals surface area contributed by atoms with Crippen LogP contribution in [0.25, 0.3) is 0 Å². The zero-order valence-electron chi connectivity index (χ0n) is 13.1. The molecule has 1 unspecified atom stereocenters. The molecule has 128 valence electrons. The van der Waals surface area contributed by atoms with Gasteiger partial charge in [-0.25, -0.2) is 4.79 Å². The Balaban J connectivity index is 1.78. The van der Waals surface area contributed by atoms with Gasteiger partial charge in [0.1, 0.15) is 5.75 Å². The van der Waals surface area contributed by atoms with Crippen molar-refractivity contribution in [2.24, 2.45) is 11.0 Å². The minimum atomic E-state index is -1.12. The van der Waals surface area contributed by atoms with Crippen molar-refractivity contribution in [2.75, 3.05) is 18.2 Å². The zero-order chi connectivity index (χ0) is 17.8. The highest BCUT2D eigenvalue weighted by Crippen LogP contribution is 2.28. The molecule has 0 radical (unpaired) electrons. The summed E-state index contributed by atoms with van der Waals surface area (Å²) in [5, 5.41) is 15.2. The van der Waals surface area contributed by atoms with E-state index >= 15 is 0 Å². The molecular formula is C18H15ClN2O4. The van der Waals surface area contributed by atoms with Gasteiger partial charge in [-0.3, -0.25) is 9.80 Å². The molecule has 2 aromatic carbocycles. The highest BCUT2D eigenvalue weighted by molar-refractivity contribution is 6.31. The molecular weight excluding hydrogens is 344 g/mol. The summed E-state index contributed by atoms with van der Waals surface area (Å²) in [6.45, 7) is -0.134. The largest absolute Gasteiger partial charge is 0.481 e. The predicted molar refractivity (Wildman–Crippen MR) is 94.7 cm³/mol. The SMILES string of the molecule is O=C(O)COc1ccc(Cl)cc1C(=O)C1C=NN(c2ccccc2)C1. The Bertz CT molecular complexity index is 823. The number of benzene rings is 2. The fourth-order valence-corrected chi connectivity index (χ4v) is 2.70. The molecule has 0 aromatic heterocycles.